The Bertz CT molecular complexity index is 554. The van der Waals surface area contributed by atoms with Gasteiger partial charge in [0.05, 0.1) is 13.7 Å². The van der Waals surface area contributed by atoms with Gasteiger partial charge in [0.1, 0.15) is 0 Å². The molecule has 2 rings (SSSR count). The zero-order valence-electron chi connectivity index (χ0n) is 11.6. The fourth-order valence-corrected chi connectivity index (χ4v) is 1.75. The predicted octanol–water partition coefficient (Wildman–Crippen LogP) is 2.10. The number of aryl methyl sites for hydroxylation is 1. The molecule has 0 fully saturated rings. The fourth-order valence-electron chi connectivity index (χ4n) is 1.75. The Morgan fingerprint density at radius 3 is 2.85 bits per heavy atom. The minimum absolute atomic E-state index is 0.0540. The smallest absolute Gasteiger partial charge is 0.264 e. The van der Waals surface area contributed by atoms with Gasteiger partial charge >= 0.3 is 0 Å². The molecule has 108 valence electrons. The third kappa shape index (κ3) is 3.48. The highest BCUT2D eigenvalue weighted by Gasteiger charge is 2.10. The van der Waals surface area contributed by atoms with E-state index in [0.29, 0.717) is 23.2 Å². The Balaban J connectivity index is 2.05. The van der Waals surface area contributed by atoms with Crippen LogP contribution in [0.15, 0.2) is 22.7 Å². The van der Waals surface area contributed by atoms with Gasteiger partial charge in [0.2, 0.25) is 0 Å². The molecule has 1 heterocycles. The van der Waals surface area contributed by atoms with Crippen LogP contribution in [0.25, 0.3) is 0 Å². The molecule has 0 aliphatic rings. The second-order valence-electron chi connectivity index (χ2n) is 4.29. The number of benzene rings is 1. The van der Waals surface area contributed by atoms with Crippen LogP contribution >= 0.6 is 0 Å². The van der Waals surface area contributed by atoms with Crippen molar-refractivity contribution in [1.82, 2.24) is 10.1 Å². The van der Waals surface area contributed by atoms with Crippen molar-refractivity contribution >= 4 is 0 Å². The minimum atomic E-state index is -0.0540. The maximum absolute atomic E-state index is 9.14. The third-order valence-corrected chi connectivity index (χ3v) is 2.75. The number of hydrogen-bond donors (Lipinski definition) is 1. The summed E-state index contributed by atoms with van der Waals surface area (Å²) in [5, 5.41) is 13.0. The van der Waals surface area contributed by atoms with Gasteiger partial charge in [0.15, 0.2) is 23.9 Å². The van der Waals surface area contributed by atoms with Crippen molar-refractivity contribution in [2.45, 2.75) is 33.0 Å². The maximum Gasteiger partial charge on any atom is 0.264 e. The predicted molar refractivity (Wildman–Crippen MR) is 71.5 cm³/mol. The molecule has 1 N–H and O–H groups in total. The van der Waals surface area contributed by atoms with Gasteiger partial charge in [-0.1, -0.05) is 18.1 Å². The van der Waals surface area contributed by atoms with E-state index in [-0.39, 0.29) is 13.2 Å². The number of rotatable bonds is 7. The van der Waals surface area contributed by atoms with Crippen LogP contribution in [0.2, 0.25) is 0 Å². The third-order valence-electron chi connectivity index (χ3n) is 2.75. The zero-order chi connectivity index (χ0) is 14.4. The summed E-state index contributed by atoms with van der Waals surface area (Å²) in [7, 11) is 1.56. The highest BCUT2D eigenvalue weighted by Crippen LogP contribution is 2.28. The molecule has 2 aromatic rings. The van der Waals surface area contributed by atoms with Crippen LogP contribution in [0.5, 0.6) is 11.5 Å². The lowest BCUT2D eigenvalue weighted by Gasteiger charge is -2.10. The summed E-state index contributed by atoms with van der Waals surface area (Å²) in [5.74, 6) is 2.23. The first-order valence-electron chi connectivity index (χ1n) is 6.48. The van der Waals surface area contributed by atoms with Crippen LogP contribution in [0.3, 0.4) is 0 Å². The van der Waals surface area contributed by atoms with E-state index in [1.54, 1.807) is 25.3 Å². The lowest BCUT2D eigenvalue weighted by molar-refractivity contribution is 0.231. The molecular weight excluding hydrogens is 260 g/mol. The van der Waals surface area contributed by atoms with Crippen LogP contribution in [-0.4, -0.2) is 22.4 Å². The van der Waals surface area contributed by atoms with Gasteiger partial charge in [0.25, 0.3) is 5.89 Å². The molecule has 6 nitrogen and oxygen atoms in total. The molecule has 1 aromatic carbocycles. The van der Waals surface area contributed by atoms with Crippen LogP contribution in [-0.2, 0) is 19.6 Å². The first kappa shape index (κ1) is 14.3. The number of nitrogens with zero attached hydrogens (tertiary/aromatic N) is 2. The van der Waals surface area contributed by atoms with E-state index in [1.165, 1.54) is 0 Å². The van der Waals surface area contributed by atoms with E-state index in [4.69, 9.17) is 19.1 Å². The van der Waals surface area contributed by atoms with Crippen molar-refractivity contribution in [2.75, 3.05) is 7.11 Å². The van der Waals surface area contributed by atoms with Crippen molar-refractivity contribution in [3.63, 3.8) is 0 Å². The van der Waals surface area contributed by atoms with Crippen molar-refractivity contribution in [3.8, 4) is 11.5 Å². The first-order chi connectivity index (χ1) is 9.76. The van der Waals surface area contributed by atoms with Crippen LogP contribution in [0.4, 0.5) is 0 Å². The van der Waals surface area contributed by atoms with E-state index in [1.807, 2.05) is 0 Å². The summed E-state index contributed by atoms with van der Waals surface area (Å²) in [5.41, 5.74) is 0.748. The number of aromatic nitrogens is 2. The Labute approximate surface area is 117 Å². The molecule has 0 saturated carbocycles. The molecule has 0 atom stereocenters. The van der Waals surface area contributed by atoms with Gasteiger partial charge in [0, 0.05) is 6.42 Å². The van der Waals surface area contributed by atoms with Gasteiger partial charge in [-0.2, -0.15) is 4.98 Å². The van der Waals surface area contributed by atoms with Crippen molar-refractivity contribution in [2.24, 2.45) is 0 Å². The molecular formula is C14H18N2O4. The molecule has 0 unspecified atom stereocenters. The van der Waals surface area contributed by atoms with Gasteiger partial charge in [-0.15, -0.1) is 0 Å². The maximum atomic E-state index is 9.14. The molecule has 6 heteroatoms. The SMILES string of the molecule is CCCc1noc(COc2cc(CO)ccc2OC)n1. The molecule has 0 aliphatic heterocycles. The molecule has 0 spiro atoms. The van der Waals surface area contributed by atoms with E-state index >= 15 is 0 Å². The Morgan fingerprint density at radius 1 is 1.30 bits per heavy atom. The zero-order valence-corrected chi connectivity index (χ0v) is 11.6. The normalized spacial score (nSPS) is 10.6. The summed E-state index contributed by atoms with van der Waals surface area (Å²) >= 11 is 0. The second-order valence-corrected chi connectivity index (χ2v) is 4.29. The summed E-state index contributed by atoms with van der Waals surface area (Å²) in [4.78, 5) is 4.22. The second kappa shape index (κ2) is 6.91. The van der Waals surface area contributed by atoms with Crippen molar-refractivity contribution in [3.05, 3.63) is 35.5 Å². The van der Waals surface area contributed by atoms with E-state index in [9.17, 15) is 0 Å². The quantitative estimate of drug-likeness (QED) is 0.835. The summed E-state index contributed by atoms with van der Waals surface area (Å²) in [6, 6.07) is 5.25. The molecule has 1 aromatic heterocycles. The summed E-state index contributed by atoms with van der Waals surface area (Å²) in [6.45, 7) is 2.17. The first-order valence-corrected chi connectivity index (χ1v) is 6.48. The highest BCUT2D eigenvalue weighted by atomic mass is 16.5. The number of ether oxygens (including phenoxy) is 2. The van der Waals surface area contributed by atoms with Gasteiger partial charge in [-0.3, -0.25) is 0 Å². The van der Waals surface area contributed by atoms with Crippen LogP contribution in [0, 0.1) is 0 Å². The topological polar surface area (TPSA) is 77.6 Å². The Morgan fingerprint density at radius 2 is 2.15 bits per heavy atom. The van der Waals surface area contributed by atoms with Crippen molar-refractivity contribution < 1.29 is 19.1 Å². The monoisotopic (exact) mass is 278 g/mol. The number of aliphatic hydroxyl groups is 1. The molecule has 0 amide bonds. The standard InChI is InChI=1S/C14H18N2O4/c1-3-4-13-15-14(20-16-13)9-19-12-7-10(8-17)5-6-11(12)18-2/h5-7,17H,3-4,8-9H2,1-2H3. The Hall–Kier alpha value is -2.08. The molecule has 0 saturated heterocycles. The summed E-state index contributed by atoms with van der Waals surface area (Å²) < 4.78 is 15.9. The van der Waals surface area contributed by atoms with Gasteiger partial charge < -0.3 is 19.1 Å². The summed E-state index contributed by atoms with van der Waals surface area (Å²) in [6.07, 6.45) is 1.75. The molecule has 20 heavy (non-hydrogen) atoms. The average Bonchev–Trinajstić information content (AvgIpc) is 2.93. The molecule has 0 aliphatic carbocycles. The van der Waals surface area contributed by atoms with Crippen LogP contribution in [0.1, 0.15) is 30.6 Å². The Kier molecular flexibility index (Phi) is 4.95. The molecule has 0 bridgehead atoms. The highest BCUT2D eigenvalue weighted by molar-refractivity contribution is 5.42. The fraction of sp³-hybridized carbons (Fsp3) is 0.429. The van der Waals surface area contributed by atoms with E-state index in [2.05, 4.69) is 17.1 Å². The minimum Gasteiger partial charge on any atom is -0.493 e. The lowest BCUT2D eigenvalue weighted by atomic mass is 10.2. The number of hydrogen-bond acceptors (Lipinski definition) is 6. The number of methoxy groups -OCH3 is 1. The lowest BCUT2D eigenvalue weighted by Crippen LogP contribution is -1.99. The molecule has 0 radical (unpaired) electrons. The van der Waals surface area contributed by atoms with E-state index in [0.717, 1.165) is 18.4 Å². The van der Waals surface area contributed by atoms with Crippen LogP contribution < -0.4 is 9.47 Å². The van der Waals surface area contributed by atoms with Crippen molar-refractivity contribution in [1.29, 1.82) is 0 Å². The number of aliphatic hydroxyl groups excluding tert-OH is 1. The van der Waals surface area contributed by atoms with Gasteiger partial charge in [-0.25, -0.2) is 0 Å². The van der Waals surface area contributed by atoms with E-state index < -0.39 is 0 Å². The average molecular weight is 278 g/mol. The largest absolute Gasteiger partial charge is 0.493 e. The van der Waals surface area contributed by atoms with Gasteiger partial charge in [-0.05, 0) is 24.1 Å².